The second-order valence-corrected chi connectivity index (χ2v) is 9.61. The van der Waals surface area contributed by atoms with Crippen LogP contribution in [0.15, 0.2) is 0 Å². The first kappa shape index (κ1) is 31.8. The Morgan fingerprint density at radius 1 is 0.514 bits per heavy atom. The van der Waals surface area contributed by atoms with Gasteiger partial charge in [0.05, 0.1) is 13.2 Å². The lowest BCUT2D eigenvalue weighted by Crippen LogP contribution is -2.63. The minimum Gasteiger partial charge on any atom is -0.394 e. The van der Waals surface area contributed by atoms with Gasteiger partial charge in [-0.15, -0.1) is 0 Å². The van der Waals surface area contributed by atoms with Crippen molar-refractivity contribution in [3.8, 4) is 0 Å². The van der Waals surface area contributed by atoms with Gasteiger partial charge in [-0.3, -0.25) is 9.59 Å². The van der Waals surface area contributed by atoms with Crippen molar-refractivity contribution in [2.24, 2.45) is 0 Å². The number of carbonyl (C=O) groups is 2. The second kappa shape index (κ2) is 15.8. The Balaban J connectivity index is 1.51. The van der Waals surface area contributed by atoms with Gasteiger partial charge in [0.2, 0.25) is 11.8 Å². The zero-order valence-electron chi connectivity index (χ0n) is 20.8. The molecule has 37 heavy (non-hydrogen) atoms. The van der Waals surface area contributed by atoms with E-state index < -0.39 is 74.5 Å². The maximum absolute atomic E-state index is 12.1. The number of aliphatic hydroxyl groups is 8. The lowest BCUT2D eigenvalue weighted by Gasteiger charge is -2.40. The molecule has 216 valence electrons. The number of aliphatic hydroxyl groups excluding tert-OH is 8. The summed E-state index contributed by atoms with van der Waals surface area (Å²) in [4.78, 5) is 24.2. The van der Waals surface area contributed by atoms with Gasteiger partial charge < -0.3 is 61.0 Å². The van der Waals surface area contributed by atoms with Crippen molar-refractivity contribution < 1.29 is 59.9 Å². The highest BCUT2D eigenvalue weighted by Crippen LogP contribution is 2.21. The van der Waals surface area contributed by atoms with Crippen LogP contribution in [-0.4, -0.2) is 127 Å². The largest absolute Gasteiger partial charge is 0.394 e. The van der Waals surface area contributed by atoms with E-state index in [9.17, 15) is 50.4 Å². The van der Waals surface area contributed by atoms with E-state index in [4.69, 9.17) is 9.47 Å². The van der Waals surface area contributed by atoms with Crippen LogP contribution in [0.1, 0.15) is 57.8 Å². The Morgan fingerprint density at radius 3 is 1.16 bits per heavy atom. The van der Waals surface area contributed by atoms with E-state index in [0.29, 0.717) is 12.8 Å². The van der Waals surface area contributed by atoms with Crippen molar-refractivity contribution in [3.63, 3.8) is 0 Å². The second-order valence-electron chi connectivity index (χ2n) is 9.61. The molecular weight excluding hydrogens is 496 g/mol. The molecule has 2 unspecified atom stereocenters. The summed E-state index contributed by atoms with van der Waals surface area (Å²) in [6.45, 7) is -1.14. The van der Waals surface area contributed by atoms with E-state index in [-0.39, 0.29) is 24.7 Å². The molecule has 14 nitrogen and oxygen atoms in total. The normalized spacial score (nSPS) is 36.2. The highest BCUT2D eigenvalue weighted by Gasteiger charge is 2.44. The van der Waals surface area contributed by atoms with Gasteiger partial charge in [-0.1, -0.05) is 32.1 Å². The van der Waals surface area contributed by atoms with Gasteiger partial charge in [-0.25, -0.2) is 0 Å². The lowest BCUT2D eigenvalue weighted by atomic mass is 9.98. The first-order chi connectivity index (χ1) is 17.6. The minimum absolute atomic E-state index is 0.188. The topological polar surface area (TPSA) is 238 Å². The van der Waals surface area contributed by atoms with E-state index in [1.54, 1.807) is 0 Å². The van der Waals surface area contributed by atoms with Gasteiger partial charge in [0.15, 0.2) is 12.5 Å². The highest BCUT2D eigenvalue weighted by molar-refractivity contribution is 5.76. The molecule has 14 heteroatoms. The fourth-order valence-electron chi connectivity index (χ4n) is 4.36. The third-order valence-corrected chi connectivity index (χ3v) is 6.70. The summed E-state index contributed by atoms with van der Waals surface area (Å²) in [5, 5.41) is 82.2. The molecule has 0 saturated carbocycles. The number of hydrogen-bond acceptors (Lipinski definition) is 12. The Kier molecular flexibility index (Phi) is 13.6. The summed E-state index contributed by atoms with van der Waals surface area (Å²) in [5.41, 5.74) is 0. The maximum Gasteiger partial charge on any atom is 0.222 e. The summed E-state index contributed by atoms with van der Waals surface area (Å²) in [7, 11) is 0. The molecule has 2 aliphatic rings. The zero-order chi connectivity index (χ0) is 27.5. The number of nitrogens with one attached hydrogen (secondary N) is 2. The monoisotopic (exact) mass is 538 g/mol. The first-order valence-electron chi connectivity index (χ1n) is 12.8. The fraction of sp³-hybridized carbons (Fsp3) is 0.913. The average molecular weight is 539 g/mol. The summed E-state index contributed by atoms with van der Waals surface area (Å²) in [6.07, 6.45) is -7.86. The van der Waals surface area contributed by atoms with E-state index in [0.717, 1.165) is 32.1 Å². The van der Waals surface area contributed by atoms with Crippen LogP contribution in [0, 0.1) is 0 Å². The number of amides is 2. The third-order valence-electron chi connectivity index (χ3n) is 6.70. The predicted octanol–water partition coefficient (Wildman–Crippen LogP) is -3.67. The van der Waals surface area contributed by atoms with Crippen molar-refractivity contribution in [3.05, 3.63) is 0 Å². The molecule has 2 heterocycles. The van der Waals surface area contributed by atoms with Gasteiger partial charge in [0, 0.05) is 12.8 Å². The van der Waals surface area contributed by atoms with Crippen LogP contribution < -0.4 is 10.6 Å². The number of unbranched alkanes of at least 4 members (excludes halogenated alkanes) is 6. The summed E-state index contributed by atoms with van der Waals surface area (Å²) >= 11 is 0. The van der Waals surface area contributed by atoms with Crippen LogP contribution >= 0.6 is 0 Å². The lowest BCUT2D eigenvalue weighted by molar-refractivity contribution is -0.236. The van der Waals surface area contributed by atoms with Crippen molar-refractivity contribution in [1.82, 2.24) is 10.6 Å². The van der Waals surface area contributed by atoms with Gasteiger partial charge in [0.1, 0.15) is 48.8 Å². The summed E-state index contributed by atoms with van der Waals surface area (Å²) in [5.74, 6) is -0.760. The van der Waals surface area contributed by atoms with Crippen LogP contribution in [0.25, 0.3) is 0 Å². The van der Waals surface area contributed by atoms with E-state index >= 15 is 0 Å². The van der Waals surface area contributed by atoms with Crippen molar-refractivity contribution in [1.29, 1.82) is 0 Å². The van der Waals surface area contributed by atoms with Crippen molar-refractivity contribution in [2.75, 3.05) is 13.2 Å². The molecule has 0 bridgehead atoms. The summed E-state index contributed by atoms with van der Waals surface area (Å²) in [6, 6.07) is 0. The van der Waals surface area contributed by atoms with Crippen LogP contribution in [-0.2, 0) is 19.1 Å². The average Bonchev–Trinajstić information content (AvgIpc) is 2.88. The SMILES string of the molecule is O=C(CCCCCCCCCC(=O)NC1O[C@H](CO)[C@@H](O)[C@H](O)[C@H]1O)NC1O[C@H](CO)[C@@H](O)[C@H](O)[C@H]1O. The maximum atomic E-state index is 12.1. The summed E-state index contributed by atoms with van der Waals surface area (Å²) < 4.78 is 10.5. The molecule has 0 aromatic heterocycles. The van der Waals surface area contributed by atoms with E-state index in [1.165, 1.54) is 0 Å². The quantitative estimate of drug-likeness (QED) is 0.0963. The standard InChI is InChI=1S/C23H42N2O12/c26-10-12-16(30)18(32)20(34)22(36-12)24-14(28)8-6-4-2-1-3-5-7-9-15(29)25-23-21(35)19(33)17(31)13(11-27)37-23/h12-13,16-23,26-27,30-35H,1-11H2,(H,24,28)(H,25,29)/t12-,13-,16-,17-,18+,19+,20-,21-,22?,23?/m1/s1. The molecule has 0 spiro atoms. The smallest absolute Gasteiger partial charge is 0.222 e. The Bertz CT molecular complexity index is 641. The molecule has 0 aromatic carbocycles. The molecular formula is C23H42N2O12. The van der Waals surface area contributed by atoms with E-state index in [1.807, 2.05) is 0 Å². The van der Waals surface area contributed by atoms with Crippen molar-refractivity contribution in [2.45, 2.75) is 119 Å². The number of carbonyl (C=O) groups excluding carboxylic acids is 2. The molecule has 2 fully saturated rings. The van der Waals surface area contributed by atoms with Gasteiger partial charge >= 0.3 is 0 Å². The van der Waals surface area contributed by atoms with Gasteiger partial charge in [-0.2, -0.15) is 0 Å². The number of ether oxygens (including phenoxy) is 2. The first-order valence-corrected chi connectivity index (χ1v) is 12.8. The van der Waals surface area contributed by atoms with Crippen LogP contribution in [0.3, 0.4) is 0 Å². The zero-order valence-corrected chi connectivity index (χ0v) is 20.8. The molecule has 2 amide bonds. The number of rotatable bonds is 14. The van der Waals surface area contributed by atoms with Crippen molar-refractivity contribution >= 4 is 11.8 Å². The van der Waals surface area contributed by atoms with Crippen LogP contribution in [0.2, 0.25) is 0 Å². The fourth-order valence-corrected chi connectivity index (χ4v) is 4.36. The number of hydrogen-bond donors (Lipinski definition) is 10. The Labute approximate surface area is 215 Å². The van der Waals surface area contributed by atoms with Crippen LogP contribution in [0.5, 0.6) is 0 Å². The Morgan fingerprint density at radius 2 is 0.838 bits per heavy atom. The third kappa shape index (κ3) is 9.35. The van der Waals surface area contributed by atoms with Gasteiger partial charge in [0.25, 0.3) is 0 Å². The molecule has 2 aliphatic heterocycles. The Hall–Kier alpha value is -1.46. The van der Waals surface area contributed by atoms with Crippen LogP contribution in [0.4, 0.5) is 0 Å². The molecule has 0 aliphatic carbocycles. The predicted molar refractivity (Wildman–Crippen MR) is 125 cm³/mol. The molecule has 0 radical (unpaired) electrons. The molecule has 10 N–H and O–H groups in total. The molecule has 2 saturated heterocycles. The molecule has 2 rings (SSSR count). The molecule has 0 aromatic rings. The van der Waals surface area contributed by atoms with E-state index in [2.05, 4.69) is 10.6 Å². The highest BCUT2D eigenvalue weighted by atomic mass is 16.6. The minimum atomic E-state index is -1.55. The van der Waals surface area contributed by atoms with Gasteiger partial charge in [-0.05, 0) is 12.8 Å². The molecule has 10 atom stereocenters.